The van der Waals surface area contributed by atoms with Crippen molar-refractivity contribution in [3.63, 3.8) is 0 Å². The molecule has 4 saturated carbocycles. The minimum atomic E-state index is -0.496. The standard InChI is InChI=1S/C31H46O3/c1-19-9-11-28(5)21(20(19)2)10-12-29(6)24(28)17-23(32)25-22-18-27(3,4)13-15-31(22,26(33)34-8)16-14-30(25,29)7/h17,20-22,25H,1,9-16,18H2,2-8H3/t20?,21-,22-,25-,28-,29+,30+,31-/m0/s1. The summed E-state index contributed by atoms with van der Waals surface area (Å²) in [7, 11) is 1.53. The molecular formula is C31H46O3. The summed E-state index contributed by atoms with van der Waals surface area (Å²) in [5.74, 6) is 1.29. The molecule has 3 heteroatoms. The van der Waals surface area contributed by atoms with E-state index in [4.69, 9.17) is 4.74 Å². The lowest BCUT2D eigenvalue weighted by atomic mass is 9.34. The van der Waals surface area contributed by atoms with Crippen LogP contribution in [0.1, 0.15) is 99.3 Å². The van der Waals surface area contributed by atoms with Gasteiger partial charge in [-0.15, -0.1) is 0 Å². The van der Waals surface area contributed by atoms with Crippen molar-refractivity contribution in [2.24, 2.45) is 50.7 Å². The van der Waals surface area contributed by atoms with E-state index in [1.54, 1.807) is 0 Å². The Morgan fingerprint density at radius 3 is 2.35 bits per heavy atom. The Kier molecular flexibility index (Phi) is 5.24. The van der Waals surface area contributed by atoms with Gasteiger partial charge in [0.25, 0.3) is 0 Å². The van der Waals surface area contributed by atoms with E-state index in [1.807, 2.05) is 0 Å². The van der Waals surface area contributed by atoms with Gasteiger partial charge in [-0.25, -0.2) is 0 Å². The number of fused-ring (bicyclic) bond motifs is 7. The second-order valence-electron chi connectivity index (χ2n) is 14.3. The summed E-state index contributed by atoms with van der Waals surface area (Å²) in [6, 6.07) is 0. The first kappa shape index (κ1) is 24.3. The van der Waals surface area contributed by atoms with Gasteiger partial charge in [-0.2, -0.15) is 0 Å². The molecule has 0 aliphatic heterocycles. The summed E-state index contributed by atoms with van der Waals surface area (Å²) >= 11 is 0. The van der Waals surface area contributed by atoms with Gasteiger partial charge < -0.3 is 4.74 Å². The van der Waals surface area contributed by atoms with Crippen LogP contribution in [0, 0.1) is 50.7 Å². The fraction of sp³-hybridized carbons (Fsp3) is 0.806. The van der Waals surface area contributed by atoms with Crippen molar-refractivity contribution in [3.8, 4) is 0 Å². The Hall–Kier alpha value is -1.38. The van der Waals surface area contributed by atoms with Crippen molar-refractivity contribution < 1.29 is 14.3 Å². The summed E-state index contributed by atoms with van der Waals surface area (Å²) in [6.07, 6.45) is 11.2. The van der Waals surface area contributed by atoms with Gasteiger partial charge in [0.05, 0.1) is 12.5 Å². The largest absolute Gasteiger partial charge is 0.469 e. The second-order valence-corrected chi connectivity index (χ2v) is 14.3. The van der Waals surface area contributed by atoms with Gasteiger partial charge in [-0.05, 0) is 103 Å². The third kappa shape index (κ3) is 2.88. The fourth-order valence-electron chi connectivity index (χ4n) is 10.1. The second kappa shape index (κ2) is 7.32. The summed E-state index contributed by atoms with van der Waals surface area (Å²) in [5.41, 5.74) is 2.43. The quantitative estimate of drug-likeness (QED) is 0.301. The average Bonchev–Trinajstić information content (AvgIpc) is 2.77. The molecule has 0 aromatic heterocycles. The SMILES string of the molecule is C=C1CC[C@]2(C)C3=CC(=O)[C@@H]4[C@@H]5CC(C)(C)CC[C@]5(C(=O)OC)CC[C@@]4(C)[C@]3(C)CC[C@H]2C1C. The molecule has 0 aromatic rings. The monoisotopic (exact) mass is 466 g/mol. The van der Waals surface area contributed by atoms with Gasteiger partial charge in [-0.1, -0.05) is 59.3 Å². The Bertz CT molecular complexity index is 973. The molecule has 5 aliphatic rings. The third-order valence-electron chi connectivity index (χ3n) is 12.6. The molecule has 5 aliphatic carbocycles. The van der Waals surface area contributed by atoms with Crippen LogP contribution >= 0.6 is 0 Å². The van der Waals surface area contributed by atoms with E-state index in [2.05, 4.69) is 54.2 Å². The Morgan fingerprint density at radius 2 is 1.68 bits per heavy atom. The fourth-order valence-corrected chi connectivity index (χ4v) is 10.1. The van der Waals surface area contributed by atoms with Crippen LogP contribution in [0.4, 0.5) is 0 Å². The van der Waals surface area contributed by atoms with Gasteiger partial charge in [0.2, 0.25) is 0 Å². The van der Waals surface area contributed by atoms with E-state index in [1.165, 1.54) is 24.7 Å². The molecule has 0 saturated heterocycles. The number of ketones is 1. The Balaban J connectivity index is 1.65. The average molecular weight is 467 g/mol. The molecule has 8 atom stereocenters. The summed E-state index contributed by atoms with van der Waals surface area (Å²) in [6.45, 7) is 18.7. The maximum Gasteiger partial charge on any atom is 0.312 e. The molecule has 0 aromatic carbocycles. The van der Waals surface area contributed by atoms with E-state index in [0.717, 1.165) is 51.4 Å². The van der Waals surface area contributed by atoms with E-state index in [-0.39, 0.29) is 39.5 Å². The number of allylic oxidation sites excluding steroid dienone is 3. The summed E-state index contributed by atoms with van der Waals surface area (Å²) < 4.78 is 5.43. The molecule has 0 N–H and O–H groups in total. The minimum Gasteiger partial charge on any atom is -0.469 e. The number of rotatable bonds is 1. The van der Waals surface area contributed by atoms with Crippen LogP contribution in [0.2, 0.25) is 0 Å². The number of carbonyl (C=O) groups excluding carboxylic acids is 2. The van der Waals surface area contributed by atoms with Crippen LogP contribution in [0.15, 0.2) is 23.8 Å². The van der Waals surface area contributed by atoms with Crippen LogP contribution in [0.25, 0.3) is 0 Å². The number of carbonyl (C=O) groups is 2. The minimum absolute atomic E-state index is 0.000903. The van der Waals surface area contributed by atoms with Gasteiger partial charge in [0.1, 0.15) is 0 Å². The normalized spacial score (nSPS) is 49.7. The topological polar surface area (TPSA) is 43.4 Å². The summed E-state index contributed by atoms with van der Waals surface area (Å²) in [5, 5.41) is 0. The first-order chi connectivity index (χ1) is 15.8. The molecule has 188 valence electrons. The first-order valence-corrected chi connectivity index (χ1v) is 13.8. The van der Waals surface area contributed by atoms with Crippen molar-refractivity contribution in [3.05, 3.63) is 23.8 Å². The van der Waals surface area contributed by atoms with Gasteiger partial charge in [-0.3, -0.25) is 9.59 Å². The van der Waals surface area contributed by atoms with Crippen molar-refractivity contribution >= 4 is 11.8 Å². The molecule has 0 amide bonds. The first-order valence-electron chi connectivity index (χ1n) is 13.8. The number of esters is 1. The number of methoxy groups -OCH3 is 1. The molecule has 4 fully saturated rings. The number of ether oxygens (including phenoxy) is 1. The van der Waals surface area contributed by atoms with E-state index >= 15 is 0 Å². The van der Waals surface area contributed by atoms with Gasteiger partial charge in [0.15, 0.2) is 5.78 Å². The zero-order valence-corrected chi connectivity index (χ0v) is 22.7. The molecule has 0 heterocycles. The molecule has 3 nitrogen and oxygen atoms in total. The molecule has 0 spiro atoms. The van der Waals surface area contributed by atoms with Crippen LogP contribution in [-0.4, -0.2) is 18.9 Å². The Labute approximate surface area is 207 Å². The van der Waals surface area contributed by atoms with Gasteiger partial charge in [0, 0.05) is 5.92 Å². The van der Waals surface area contributed by atoms with Crippen molar-refractivity contribution in [1.82, 2.24) is 0 Å². The van der Waals surface area contributed by atoms with E-state index in [0.29, 0.717) is 17.6 Å². The molecule has 1 unspecified atom stereocenters. The van der Waals surface area contributed by atoms with Crippen molar-refractivity contribution in [1.29, 1.82) is 0 Å². The maximum atomic E-state index is 14.3. The lowest BCUT2D eigenvalue weighted by molar-refractivity contribution is -0.191. The van der Waals surface area contributed by atoms with Crippen LogP contribution < -0.4 is 0 Å². The van der Waals surface area contributed by atoms with Crippen LogP contribution in [0.3, 0.4) is 0 Å². The van der Waals surface area contributed by atoms with E-state index in [9.17, 15) is 9.59 Å². The molecule has 5 rings (SSSR count). The highest BCUT2D eigenvalue weighted by Crippen LogP contribution is 2.74. The lowest BCUT2D eigenvalue weighted by Crippen LogP contribution is -2.65. The predicted octanol–water partition coefficient (Wildman–Crippen LogP) is 7.31. The van der Waals surface area contributed by atoms with Crippen molar-refractivity contribution in [2.75, 3.05) is 7.11 Å². The predicted molar refractivity (Wildman–Crippen MR) is 136 cm³/mol. The zero-order valence-electron chi connectivity index (χ0n) is 22.7. The smallest absolute Gasteiger partial charge is 0.312 e. The molecule has 0 radical (unpaired) electrons. The Morgan fingerprint density at radius 1 is 1.00 bits per heavy atom. The van der Waals surface area contributed by atoms with Gasteiger partial charge >= 0.3 is 5.97 Å². The number of hydrogen-bond donors (Lipinski definition) is 0. The molecule has 34 heavy (non-hydrogen) atoms. The summed E-state index contributed by atoms with van der Waals surface area (Å²) in [4.78, 5) is 27.6. The highest BCUT2D eigenvalue weighted by Gasteiger charge is 2.70. The maximum absolute atomic E-state index is 14.3. The lowest BCUT2D eigenvalue weighted by Gasteiger charge is -2.69. The molecule has 0 bridgehead atoms. The molecular weight excluding hydrogens is 420 g/mol. The number of hydrogen-bond acceptors (Lipinski definition) is 3. The van der Waals surface area contributed by atoms with Crippen LogP contribution in [0.5, 0.6) is 0 Å². The van der Waals surface area contributed by atoms with Crippen LogP contribution in [-0.2, 0) is 14.3 Å². The highest BCUT2D eigenvalue weighted by atomic mass is 16.5. The third-order valence-corrected chi connectivity index (χ3v) is 12.6. The zero-order chi connectivity index (χ0) is 24.9. The van der Waals surface area contributed by atoms with Crippen molar-refractivity contribution in [2.45, 2.75) is 99.3 Å². The van der Waals surface area contributed by atoms with E-state index < -0.39 is 5.41 Å². The highest BCUT2D eigenvalue weighted by molar-refractivity contribution is 5.96.